The van der Waals surface area contributed by atoms with E-state index in [0.717, 1.165) is 21.4 Å². The molecule has 1 aromatic heterocycles. The van der Waals surface area contributed by atoms with Crippen LogP contribution in [0.1, 0.15) is 15.2 Å². The van der Waals surface area contributed by atoms with Crippen molar-refractivity contribution >= 4 is 44.8 Å². The molecule has 0 amide bonds. The van der Waals surface area contributed by atoms with E-state index in [2.05, 4.69) is 15.9 Å². The summed E-state index contributed by atoms with van der Waals surface area (Å²) in [7, 11) is 0. The molecule has 0 spiro atoms. The summed E-state index contributed by atoms with van der Waals surface area (Å²) in [4.78, 5) is 11.1. The zero-order chi connectivity index (χ0) is 13.1. The summed E-state index contributed by atoms with van der Waals surface area (Å²) in [5, 5.41) is 11.2. The standard InChI is InChI=1S/C12H8BrClO3S/c13-8-2-1-7(9(14)5-8)6-17-10-3-4-18-11(10)12(15)16/h1-5H,6H2,(H,15,16). The largest absolute Gasteiger partial charge is 0.487 e. The maximum Gasteiger partial charge on any atom is 0.349 e. The molecule has 1 N–H and O–H groups in total. The summed E-state index contributed by atoms with van der Waals surface area (Å²) < 4.78 is 6.36. The number of carboxylic acids is 1. The predicted molar refractivity (Wildman–Crippen MR) is 74.8 cm³/mol. The van der Waals surface area contributed by atoms with Crippen LogP contribution in [-0.2, 0) is 6.61 Å². The number of rotatable bonds is 4. The normalized spacial score (nSPS) is 10.3. The van der Waals surface area contributed by atoms with Crippen molar-refractivity contribution in [1.82, 2.24) is 0 Å². The molecule has 18 heavy (non-hydrogen) atoms. The number of hydrogen-bond acceptors (Lipinski definition) is 3. The van der Waals surface area contributed by atoms with Gasteiger partial charge in [0.2, 0.25) is 0 Å². The molecule has 0 unspecified atom stereocenters. The maximum atomic E-state index is 10.9. The predicted octanol–water partition coefficient (Wildman–Crippen LogP) is 4.44. The van der Waals surface area contributed by atoms with Gasteiger partial charge in [0.05, 0.1) is 0 Å². The summed E-state index contributed by atoms with van der Waals surface area (Å²) in [5.41, 5.74) is 0.808. The zero-order valence-electron chi connectivity index (χ0n) is 9.02. The molecule has 0 radical (unpaired) electrons. The van der Waals surface area contributed by atoms with Crippen molar-refractivity contribution in [2.24, 2.45) is 0 Å². The van der Waals surface area contributed by atoms with Crippen molar-refractivity contribution in [3.8, 4) is 5.75 Å². The van der Waals surface area contributed by atoms with Gasteiger partial charge >= 0.3 is 5.97 Å². The molecule has 0 aliphatic rings. The van der Waals surface area contributed by atoms with E-state index in [1.807, 2.05) is 12.1 Å². The molecule has 0 atom stereocenters. The molecular weight excluding hydrogens is 340 g/mol. The van der Waals surface area contributed by atoms with Gasteiger partial charge in [-0.2, -0.15) is 0 Å². The lowest BCUT2D eigenvalue weighted by Gasteiger charge is -2.07. The average Bonchev–Trinajstić information content (AvgIpc) is 2.76. The zero-order valence-corrected chi connectivity index (χ0v) is 12.2. The second-order valence-electron chi connectivity index (χ2n) is 3.44. The molecule has 94 valence electrons. The van der Waals surface area contributed by atoms with Crippen molar-refractivity contribution < 1.29 is 14.6 Å². The van der Waals surface area contributed by atoms with Crippen molar-refractivity contribution in [3.05, 3.63) is 49.6 Å². The highest BCUT2D eigenvalue weighted by Crippen LogP contribution is 2.27. The van der Waals surface area contributed by atoms with E-state index in [4.69, 9.17) is 21.4 Å². The summed E-state index contributed by atoms with van der Waals surface area (Å²) in [6.07, 6.45) is 0. The van der Waals surface area contributed by atoms with E-state index in [9.17, 15) is 4.79 Å². The van der Waals surface area contributed by atoms with Crippen LogP contribution in [0.5, 0.6) is 5.75 Å². The molecular formula is C12H8BrClO3S. The summed E-state index contributed by atoms with van der Waals surface area (Å²) in [6.45, 7) is 0.239. The lowest BCUT2D eigenvalue weighted by molar-refractivity contribution is 0.0697. The molecule has 6 heteroatoms. The van der Waals surface area contributed by atoms with E-state index >= 15 is 0 Å². The Kier molecular flexibility index (Phi) is 4.27. The Bertz CT molecular complexity index is 582. The van der Waals surface area contributed by atoms with Gasteiger partial charge in [-0.1, -0.05) is 33.6 Å². The fraction of sp³-hybridized carbons (Fsp3) is 0.0833. The first-order valence-corrected chi connectivity index (χ1v) is 7.00. The minimum atomic E-state index is -0.984. The third-order valence-electron chi connectivity index (χ3n) is 2.22. The summed E-state index contributed by atoms with van der Waals surface area (Å²) in [6, 6.07) is 7.10. The van der Waals surface area contributed by atoms with Gasteiger partial charge in [-0.25, -0.2) is 4.79 Å². The molecule has 0 aliphatic heterocycles. The number of thiophene rings is 1. The van der Waals surface area contributed by atoms with Gasteiger partial charge in [-0.05, 0) is 23.6 Å². The first kappa shape index (κ1) is 13.4. The second kappa shape index (κ2) is 5.73. The Labute approximate surface area is 121 Å². The molecule has 2 aromatic rings. The van der Waals surface area contributed by atoms with E-state index in [0.29, 0.717) is 10.8 Å². The number of ether oxygens (including phenoxy) is 1. The topological polar surface area (TPSA) is 46.5 Å². The number of hydrogen-bond donors (Lipinski definition) is 1. The molecule has 1 aromatic carbocycles. The molecule has 0 fully saturated rings. The van der Waals surface area contributed by atoms with Crippen LogP contribution in [0.4, 0.5) is 0 Å². The molecule has 1 heterocycles. The van der Waals surface area contributed by atoms with Gasteiger partial charge in [0.1, 0.15) is 12.4 Å². The van der Waals surface area contributed by atoms with Gasteiger partial charge in [0.15, 0.2) is 4.88 Å². The van der Waals surface area contributed by atoms with Gasteiger partial charge in [-0.3, -0.25) is 0 Å². The highest BCUT2D eigenvalue weighted by Gasteiger charge is 2.13. The number of aromatic carboxylic acids is 1. The summed E-state index contributed by atoms with van der Waals surface area (Å²) >= 11 is 10.5. The van der Waals surface area contributed by atoms with Crippen LogP contribution in [0.2, 0.25) is 5.02 Å². The van der Waals surface area contributed by atoms with Crippen LogP contribution < -0.4 is 4.74 Å². The Morgan fingerprint density at radius 3 is 2.89 bits per heavy atom. The molecule has 2 rings (SSSR count). The van der Waals surface area contributed by atoms with Gasteiger partial charge in [0.25, 0.3) is 0 Å². The van der Waals surface area contributed by atoms with Gasteiger partial charge in [0, 0.05) is 15.1 Å². The van der Waals surface area contributed by atoms with E-state index in [-0.39, 0.29) is 11.5 Å². The van der Waals surface area contributed by atoms with Crippen LogP contribution in [0.25, 0.3) is 0 Å². The molecule has 0 bridgehead atoms. The third-order valence-corrected chi connectivity index (χ3v) is 3.95. The van der Waals surface area contributed by atoms with E-state index in [1.165, 1.54) is 0 Å². The second-order valence-corrected chi connectivity index (χ2v) is 5.68. The fourth-order valence-corrected chi connectivity index (χ4v) is 2.76. The van der Waals surface area contributed by atoms with Gasteiger partial charge < -0.3 is 9.84 Å². The van der Waals surface area contributed by atoms with E-state index < -0.39 is 5.97 Å². The smallest absolute Gasteiger partial charge is 0.349 e. The fourth-order valence-electron chi connectivity index (χ4n) is 1.36. The molecule has 0 saturated heterocycles. The van der Waals surface area contributed by atoms with Crippen molar-refractivity contribution in [3.63, 3.8) is 0 Å². The Morgan fingerprint density at radius 1 is 1.44 bits per heavy atom. The maximum absolute atomic E-state index is 10.9. The molecule has 3 nitrogen and oxygen atoms in total. The van der Waals surface area contributed by atoms with Crippen LogP contribution >= 0.6 is 38.9 Å². The lowest BCUT2D eigenvalue weighted by atomic mass is 10.2. The molecule has 0 saturated carbocycles. The first-order valence-electron chi connectivity index (χ1n) is 4.95. The van der Waals surface area contributed by atoms with Crippen LogP contribution in [-0.4, -0.2) is 11.1 Å². The molecule has 0 aliphatic carbocycles. The van der Waals surface area contributed by atoms with Gasteiger partial charge in [-0.15, -0.1) is 11.3 Å². The van der Waals surface area contributed by atoms with Crippen molar-refractivity contribution in [1.29, 1.82) is 0 Å². The van der Waals surface area contributed by atoms with Crippen LogP contribution in [0, 0.1) is 0 Å². The first-order chi connectivity index (χ1) is 8.58. The monoisotopic (exact) mass is 346 g/mol. The Balaban J connectivity index is 2.11. The highest BCUT2D eigenvalue weighted by molar-refractivity contribution is 9.10. The van der Waals surface area contributed by atoms with Crippen LogP contribution in [0.15, 0.2) is 34.1 Å². The Hall–Kier alpha value is -1.04. The van der Waals surface area contributed by atoms with E-state index in [1.54, 1.807) is 17.5 Å². The highest BCUT2D eigenvalue weighted by atomic mass is 79.9. The number of carboxylic acid groups (broad SMARTS) is 1. The van der Waals surface area contributed by atoms with Crippen molar-refractivity contribution in [2.45, 2.75) is 6.61 Å². The third kappa shape index (κ3) is 3.04. The van der Waals surface area contributed by atoms with Crippen molar-refractivity contribution in [2.75, 3.05) is 0 Å². The van der Waals surface area contributed by atoms with Crippen LogP contribution in [0.3, 0.4) is 0 Å². The Morgan fingerprint density at radius 2 is 2.22 bits per heavy atom. The number of benzene rings is 1. The average molecular weight is 348 g/mol. The minimum Gasteiger partial charge on any atom is -0.487 e. The minimum absolute atomic E-state index is 0.197. The quantitative estimate of drug-likeness (QED) is 0.889. The summed E-state index contributed by atoms with van der Waals surface area (Å²) in [5.74, 6) is -0.617. The number of halogens is 2. The SMILES string of the molecule is O=C(O)c1sccc1OCc1ccc(Br)cc1Cl. The lowest BCUT2D eigenvalue weighted by Crippen LogP contribution is -2.00. The number of carbonyl (C=O) groups is 1.